The third kappa shape index (κ3) is 3.76. The molecule has 0 aromatic heterocycles. The van der Waals surface area contributed by atoms with E-state index < -0.39 is 11.6 Å². The first-order valence-corrected chi connectivity index (χ1v) is 6.01. The molecule has 0 radical (unpaired) electrons. The molecule has 0 saturated heterocycles. The molecule has 2 rings (SSSR count). The van der Waals surface area contributed by atoms with Gasteiger partial charge in [-0.1, -0.05) is 18.2 Å². The van der Waals surface area contributed by atoms with Crippen molar-refractivity contribution in [3.8, 4) is 0 Å². The lowest BCUT2D eigenvalue weighted by Gasteiger charge is -2.17. The molecule has 0 atom stereocenters. The van der Waals surface area contributed by atoms with E-state index in [9.17, 15) is 8.78 Å². The van der Waals surface area contributed by atoms with Crippen LogP contribution in [0.25, 0.3) is 0 Å². The molecule has 2 aromatic rings. The van der Waals surface area contributed by atoms with Crippen LogP contribution in [0.3, 0.4) is 0 Å². The molecule has 0 fully saturated rings. The molecule has 0 unspecified atom stereocenters. The van der Waals surface area contributed by atoms with Crippen molar-refractivity contribution in [2.75, 3.05) is 12.8 Å². The van der Waals surface area contributed by atoms with E-state index in [1.807, 2.05) is 36.2 Å². The van der Waals surface area contributed by atoms with Crippen molar-refractivity contribution in [3.05, 3.63) is 65.2 Å². The zero-order valence-electron chi connectivity index (χ0n) is 10.7. The van der Waals surface area contributed by atoms with Crippen LogP contribution in [0.4, 0.5) is 14.5 Å². The highest BCUT2D eigenvalue weighted by atomic mass is 19.1. The number of nitrogens with zero attached hydrogens (tertiary/aromatic N) is 1. The van der Waals surface area contributed by atoms with Gasteiger partial charge in [0.05, 0.1) is 0 Å². The Labute approximate surface area is 111 Å². The molecule has 0 aliphatic carbocycles. The summed E-state index contributed by atoms with van der Waals surface area (Å²) < 4.78 is 26.3. The van der Waals surface area contributed by atoms with Gasteiger partial charge in [0.1, 0.15) is 11.6 Å². The molecule has 0 amide bonds. The van der Waals surface area contributed by atoms with E-state index in [0.29, 0.717) is 18.7 Å². The van der Waals surface area contributed by atoms with E-state index in [1.54, 1.807) is 0 Å². The summed E-state index contributed by atoms with van der Waals surface area (Å²) in [6, 6.07) is 11.2. The number of hydrogen-bond acceptors (Lipinski definition) is 2. The quantitative estimate of drug-likeness (QED) is 0.857. The highest BCUT2D eigenvalue weighted by molar-refractivity contribution is 5.39. The zero-order chi connectivity index (χ0) is 13.8. The lowest BCUT2D eigenvalue weighted by Crippen LogP contribution is -2.18. The van der Waals surface area contributed by atoms with E-state index in [2.05, 4.69) is 0 Å². The minimum atomic E-state index is -0.553. The zero-order valence-corrected chi connectivity index (χ0v) is 10.7. The van der Waals surface area contributed by atoms with Gasteiger partial charge in [-0.05, 0) is 30.8 Å². The second-order valence-electron chi connectivity index (χ2n) is 4.65. The van der Waals surface area contributed by atoms with Crippen LogP contribution >= 0.6 is 0 Å². The Morgan fingerprint density at radius 3 is 2.32 bits per heavy atom. The van der Waals surface area contributed by atoms with Crippen LogP contribution in [0.5, 0.6) is 0 Å². The van der Waals surface area contributed by atoms with Crippen LogP contribution in [0.15, 0.2) is 42.5 Å². The molecule has 0 aliphatic rings. The van der Waals surface area contributed by atoms with Gasteiger partial charge < -0.3 is 5.73 Å². The standard InChI is InChI=1S/C15H16F2N2/c1-19(9-11-2-6-14(18)7-3-11)10-12-4-5-13(16)8-15(12)17/h2-8H,9-10,18H2,1H3. The number of anilines is 1. The fraction of sp³-hybridized carbons (Fsp3) is 0.200. The first-order valence-electron chi connectivity index (χ1n) is 6.01. The molecule has 0 spiro atoms. The van der Waals surface area contributed by atoms with Crippen LogP contribution < -0.4 is 5.73 Å². The molecule has 2 N–H and O–H groups in total. The molecule has 0 aliphatic heterocycles. The highest BCUT2D eigenvalue weighted by Crippen LogP contribution is 2.14. The summed E-state index contributed by atoms with van der Waals surface area (Å²) in [5.74, 6) is -1.06. The number of halogens is 2. The van der Waals surface area contributed by atoms with E-state index in [0.717, 1.165) is 17.3 Å². The number of benzene rings is 2. The molecular weight excluding hydrogens is 246 g/mol. The number of rotatable bonds is 4. The minimum absolute atomic E-state index is 0.427. The fourth-order valence-corrected chi connectivity index (χ4v) is 1.93. The van der Waals surface area contributed by atoms with Crippen LogP contribution in [0.1, 0.15) is 11.1 Å². The van der Waals surface area contributed by atoms with Crippen molar-refractivity contribution in [1.82, 2.24) is 4.90 Å². The number of hydrogen-bond donors (Lipinski definition) is 1. The van der Waals surface area contributed by atoms with Crippen LogP contribution in [-0.2, 0) is 13.1 Å². The van der Waals surface area contributed by atoms with Crippen molar-refractivity contribution in [2.45, 2.75) is 13.1 Å². The summed E-state index contributed by atoms with van der Waals surface area (Å²) in [6.45, 7) is 1.10. The molecule has 0 saturated carbocycles. The summed E-state index contributed by atoms with van der Waals surface area (Å²) >= 11 is 0. The van der Waals surface area contributed by atoms with Crippen molar-refractivity contribution >= 4 is 5.69 Å². The number of nitrogen functional groups attached to an aromatic ring is 1. The Kier molecular flexibility index (Phi) is 4.12. The first kappa shape index (κ1) is 13.5. The first-order chi connectivity index (χ1) is 9.04. The van der Waals surface area contributed by atoms with Gasteiger partial charge in [-0.15, -0.1) is 0 Å². The van der Waals surface area contributed by atoms with Crippen molar-refractivity contribution < 1.29 is 8.78 Å². The molecule has 2 nitrogen and oxygen atoms in total. The lowest BCUT2D eigenvalue weighted by molar-refractivity contribution is 0.313. The Morgan fingerprint density at radius 2 is 1.68 bits per heavy atom. The summed E-state index contributed by atoms with van der Waals surface area (Å²) in [6.07, 6.45) is 0. The highest BCUT2D eigenvalue weighted by Gasteiger charge is 2.07. The normalized spacial score (nSPS) is 10.9. The Hall–Kier alpha value is -1.94. The smallest absolute Gasteiger partial charge is 0.130 e. The van der Waals surface area contributed by atoms with E-state index >= 15 is 0 Å². The van der Waals surface area contributed by atoms with E-state index in [4.69, 9.17) is 5.73 Å². The monoisotopic (exact) mass is 262 g/mol. The molecule has 100 valence electrons. The Morgan fingerprint density at radius 1 is 1.00 bits per heavy atom. The molecule has 0 bridgehead atoms. The lowest BCUT2D eigenvalue weighted by atomic mass is 10.1. The van der Waals surface area contributed by atoms with Gasteiger partial charge in [0.15, 0.2) is 0 Å². The summed E-state index contributed by atoms with van der Waals surface area (Å²) in [5.41, 5.74) is 7.92. The maximum Gasteiger partial charge on any atom is 0.130 e. The molecule has 0 heterocycles. The maximum absolute atomic E-state index is 13.5. The molecule has 19 heavy (non-hydrogen) atoms. The second-order valence-corrected chi connectivity index (χ2v) is 4.65. The van der Waals surface area contributed by atoms with Gasteiger partial charge in [-0.25, -0.2) is 8.78 Å². The summed E-state index contributed by atoms with van der Waals surface area (Å²) in [5, 5.41) is 0. The average molecular weight is 262 g/mol. The van der Waals surface area contributed by atoms with Gasteiger partial charge in [-0.3, -0.25) is 4.90 Å². The molecule has 2 aromatic carbocycles. The van der Waals surface area contributed by atoms with Crippen LogP contribution in [0, 0.1) is 11.6 Å². The van der Waals surface area contributed by atoms with Crippen molar-refractivity contribution in [2.24, 2.45) is 0 Å². The van der Waals surface area contributed by atoms with Crippen molar-refractivity contribution in [1.29, 1.82) is 0 Å². The third-order valence-corrected chi connectivity index (χ3v) is 2.89. The van der Waals surface area contributed by atoms with Crippen LogP contribution in [-0.4, -0.2) is 11.9 Å². The predicted molar refractivity (Wildman–Crippen MR) is 72.4 cm³/mol. The SMILES string of the molecule is CN(Cc1ccc(N)cc1)Cc1ccc(F)cc1F. The largest absolute Gasteiger partial charge is 0.399 e. The summed E-state index contributed by atoms with van der Waals surface area (Å²) in [7, 11) is 1.89. The predicted octanol–water partition coefficient (Wildman–Crippen LogP) is 3.18. The van der Waals surface area contributed by atoms with Gasteiger partial charge in [0, 0.05) is 30.4 Å². The number of nitrogens with two attached hydrogens (primary N) is 1. The molecular formula is C15H16F2N2. The Balaban J connectivity index is 2.01. The van der Waals surface area contributed by atoms with Crippen LogP contribution in [0.2, 0.25) is 0 Å². The maximum atomic E-state index is 13.5. The molecule has 4 heteroatoms. The minimum Gasteiger partial charge on any atom is -0.399 e. The van der Waals surface area contributed by atoms with E-state index in [1.165, 1.54) is 12.1 Å². The van der Waals surface area contributed by atoms with E-state index in [-0.39, 0.29) is 0 Å². The van der Waals surface area contributed by atoms with Crippen molar-refractivity contribution in [3.63, 3.8) is 0 Å². The fourth-order valence-electron chi connectivity index (χ4n) is 1.93. The second kappa shape index (κ2) is 5.80. The van der Waals surface area contributed by atoms with Gasteiger partial charge in [0.25, 0.3) is 0 Å². The Bertz CT molecular complexity index is 553. The summed E-state index contributed by atoms with van der Waals surface area (Å²) in [4.78, 5) is 1.96. The average Bonchev–Trinajstić information content (AvgIpc) is 2.36. The topological polar surface area (TPSA) is 29.3 Å². The van der Waals surface area contributed by atoms with Gasteiger partial charge in [-0.2, -0.15) is 0 Å². The third-order valence-electron chi connectivity index (χ3n) is 2.89. The van der Waals surface area contributed by atoms with Gasteiger partial charge in [0.2, 0.25) is 0 Å². The van der Waals surface area contributed by atoms with Gasteiger partial charge >= 0.3 is 0 Å².